The number of hydrogen-bond acceptors (Lipinski definition) is 6. The van der Waals surface area contributed by atoms with Gasteiger partial charge in [-0.2, -0.15) is 0 Å². The van der Waals surface area contributed by atoms with E-state index in [4.69, 9.17) is 9.47 Å². The minimum absolute atomic E-state index is 0.197. The van der Waals surface area contributed by atoms with Gasteiger partial charge in [0.15, 0.2) is 0 Å². The molecule has 3 aromatic rings. The van der Waals surface area contributed by atoms with Crippen molar-refractivity contribution in [1.29, 1.82) is 0 Å². The van der Waals surface area contributed by atoms with Gasteiger partial charge in [-0.05, 0) is 55.5 Å². The maximum absolute atomic E-state index is 13.7. The van der Waals surface area contributed by atoms with Crippen LogP contribution in [0.15, 0.2) is 33.9 Å². The second-order valence-corrected chi connectivity index (χ2v) is 9.56. The normalized spacial score (nSPS) is 17.3. The summed E-state index contributed by atoms with van der Waals surface area (Å²) >= 11 is 1.65. The topological polar surface area (TPSA) is 65.7 Å². The fraction of sp³-hybridized carbons (Fsp3) is 0.500. The van der Waals surface area contributed by atoms with E-state index in [1.54, 1.807) is 42.7 Å². The van der Waals surface area contributed by atoms with Gasteiger partial charge in [-0.3, -0.25) is 14.3 Å². The zero-order chi connectivity index (χ0) is 22.1. The van der Waals surface area contributed by atoms with Crippen molar-refractivity contribution in [3.05, 3.63) is 55.5 Å². The lowest BCUT2D eigenvalue weighted by Crippen LogP contribution is -2.42. The first-order chi connectivity index (χ1) is 15.7. The van der Waals surface area contributed by atoms with Crippen LogP contribution in [0.3, 0.4) is 0 Å². The molecule has 2 aliphatic rings. The third-order valence-electron chi connectivity index (χ3n) is 6.56. The number of morpholine rings is 1. The van der Waals surface area contributed by atoms with Gasteiger partial charge < -0.3 is 9.47 Å². The average molecular weight is 456 g/mol. The van der Waals surface area contributed by atoms with Gasteiger partial charge >= 0.3 is 5.69 Å². The van der Waals surface area contributed by atoms with Crippen LogP contribution in [0.1, 0.15) is 29.7 Å². The third kappa shape index (κ3) is 3.91. The van der Waals surface area contributed by atoms with E-state index in [9.17, 15) is 9.59 Å². The first kappa shape index (κ1) is 21.4. The van der Waals surface area contributed by atoms with Crippen LogP contribution in [-0.4, -0.2) is 54.0 Å². The van der Waals surface area contributed by atoms with E-state index in [-0.39, 0.29) is 11.2 Å². The van der Waals surface area contributed by atoms with Crippen molar-refractivity contribution in [2.24, 2.45) is 0 Å². The summed E-state index contributed by atoms with van der Waals surface area (Å²) in [6, 6.07) is 7.14. The lowest BCUT2D eigenvalue weighted by molar-refractivity contribution is 0.0364. The fourth-order valence-corrected chi connectivity index (χ4v) is 6.17. The molecule has 1 fully saturated rings. The lowest BCUT2D eigenvalue weighted by Gasteiger charge is -2.26. The predicted octanol–water partition coefficient (Wildman–Crippen LogP) is 2.82. The molecule has 1 aliphatic carbocycles. The van der Waals surface area contributed by atoms with Crippen molar-refractivity contribution in [3.8, 4) is 11.4 Å². The fourth-order valence-electron chi connectivity index (χ4n) is 4.77. The summed E-state index contributed by atoms with van der Waals surface area (Å²) in [4.78, 5) is 31.8. The molecule has 170 valence electrons. The zero-order valence-electron chi connectivity index (χ0n) is 18.5. The quantitative estimate of drug-likeness (QED) is 0.554. The second-order valence-electron chi connectivity index (χ2n) is 8.47. The van der Waals surface area contributed by atoms with Crippen LogP contribution in [0.25, 0.3) is 15.9 Å². The molecule has 0 spiro atoms. The Kier molecular flexibility index (Phi) is 6.17. The van der Waals surface area contributed by atoms with Crippen molar-refractivity contribution in [3.63, 3.8) is 0 Å². The van der Waals surface area contributed by atoms with E-state index in [1.165, 1.54) is 15.9 Å². The summed E-state index contributed by atoms with van der Waals surface area (Å²) in [6.07, 6.45) is 5.33. The van der Waals surface area contributed by atoms with E-state index >= 15 is 0 Å². The van der Waals surface area contributed by atoms with Gasteiger partial charge in [0.25, 0.3) is 5.56 Å². The largest absolute Gasteiger partial charge is 0.497 e. The Morgan fingerprint density at radius 2 is 1.75 bits per heavy atom. The van der Waals surface area contributed by atoms with Crippen molar-refractivity contribution in [2.75, 3.05) is 40.0 Å². The molecule has 2 aromatic heterocycles. The number of aromatic nitrogens is 2. The number of aryl methyl sites for hydroxylation is 2. The molecule has 0 saturated carbocycles. The van der Waals surface area contributed by atoms with Crippen LogP contribution in [0, 0.1) is 0 Å². The highest BCUT2D eigenvalue weighted by Gasteiger charge is 2.24. The standard InChI is InChI=1S/C24H29N3O4S/c1-30-18-9-7-17(8-10-18)27-22(28)21-19-5-3-2-4-6-20(19)32-23(21)26(24(27)29)12-11-25-13-15-31-16-14-25/h7-10H,2-6,11-16H2,1H3. The van der Waals surface area contributed by atoms with Crippen molar-refractivity contribution in [1.82, 2.24) is 14.0 Å². The molecule has 0 radical (unpaired) electrons. The molecule has 1 saturated heterocycles. The number of hydrogen-bond donors (Lipinski definition) is 0. The molecule has 3 heterocycles. The smallest absolute Gasteiger partial charge is 0.336 e. The van der Waals surface area contributed by atoms with Gasteiger partial charge in [0.05, 0.1) is 31.4 Å². The molecule has 0 N–H and O–H groups in total. The first-order valence-corrected chi connectivity index (χ1v) is 12.2. The third-order valence-corrected chi connectivity index (χ3v) is 7.88. The number of benzene rings is 1. The van der Waals surface area contributed by atoms with Crippen LogP contribution >= 0.6 is 11.3 Å². The van der Waals surface area contributed by atoms with Crippen molar-refractivity contribution >= 4 is 21.6 Å². The van der Waals surface area contributed by atoms with Crippen LogP contribution in [0.5, 0.6) is 5.75 Å². The van der Waals surface area contributed by atoms with Gasteiger partial charge in [0.2, 0.25) is 0 Å². The number of thiophene rings is 1. The van der Waals surface area contributed by atoms with E-state index in [0.29, 0.717) is 18.0 Å². The van der Waals surface area contributed by atoms with E-state index in [0.717, 1.165) is 74.3 Å². The molecule has 0 bridgehead atoms. The molecule has 0 atom stereocenters. The molecular formula is C24H29N3O4S. The number of methoxy groups -OCH3 is 1. The molecule has 7 nitrogen and oxygen atoms in total. The summed E-state index contributed by atoms with van der Waals surface area (Å²) in [7, 11) is 1.60. The Morgan fingerprint density at radius 3 is 2.50 bits per heavy atom. The molecule has 5 rings (SSSR count). The van der Waals surface area contributed by atoms with Crippen LogP contribution in [-0.2, 0) is 24.1 Å². The average Bonchev–Trinajstić information content (AvgIpc) is 3.02. The van der Waals surface area contributed by atoms with Gasteiger partial charge in [-0.1, -0.05) is 6.42 Å². The SMILES string of the molecule is COc1ccc(-n2c(=O)c3c4c(sc3n(CCN3CCOCC3)c2=O)CCCCC4)cc1. The van der Waals surface area contributed by atoms with E-state index < -0.39 is 0 Å². The second kappa shape index (κ2) is 9.21. The summed E-state index contributed by atoms with van der Waals surface area (Å²) in [5.41, 5.74) is 1.28. The highest BCUT2D eigenvalue weighted by molar-refractivity contribution is 7.18. The predicted molar refractivity (Wildman–Crippen MR) is 127 cm³/mol. The van der Waals surface area contributed by atoms with Gasteiger partial charge in [0, 0.05) is 31.1 Å². The zero-order valence-corrected chi connectivity index (χ0v) is 19.3. The van der Waals surface area contributed by atoms with Crippen molar-refractivity contribution < 1.29 is 9.47 Å². The molecule has 1 aromatic carbocycles. The van der Waals surface area contributed by atoms with Crippen molar-refractivity contribution in [2.45, 2.75) is 38.6 Å². The highest BCUT2D eigenvalue weighted by Crippen LogP contribution is 2.33. The van der Waals surface area contributed by atoms with Gasteiger partial charge in [-0.25, -0.2) is 9.36 Å². The monoisotopic (exact) mass is 455 g/mol. The molecule has 0 amide bonds. The summed E-state index contributed by atoms with van der Waals surface area (Å²) in [5.74, 6) is 0.694. The Morgan fingerprint density at radius 1 is 1.00 bits per heavy atom. The number of rotatable bonds is 5. The molecule has 1 aliphatic heterocycles. The molecule has 0 unspecified atom stereocenters. The van der Waals surface area contributed by atoms with Crippen LogP contribution in [0.2, 0.25) is 0 Å². The van der Waals surface area contributed by atoms with Crippen LogP contribution < -0.4 is 16.0 Å². The minimum atomic E-state index is -0.266. The van der Waals surface area contributed by atoms with E-state index in [1.807, 2.05) is 4.57 Å². The number of nitrogens with zero attached hydrogens (tertiary/aromatic N) is 3. The molecular weight excluding hydrogens is 426 g/mol. The number of fused-ring (bicyclic) bond motifs is 3. The number of ether oxygens (including phenoxy) is 2. The Bertz CT molecular complexity index is 1220. The summed E-state index contributed by atoms with van der Waals surface area (Å²) in [6.45, 7) is 4.52. The molecule has 32 heavy (non-hydrogen) atoms. The lowest BCUT2D eigenvalue weighted by atomic mass is 10.1. The van der Waals surface area contributed by atoms with Gasteiger partial charge in [-0.15, -0.1) is 11.3 Å². The summed E-state index contributed by atoms with van der Waals surface area (Å²) < 4.78 is 13.9. The minimum Gasteiger partial charge on any atom is -0.497 e. The first-order valence-electron chi connectivity index (χ1n) is 11.4. The maximum Gasteiger partial charge on any atom is 0.336 e. The Hall–Kier alpha value is -2.42. The Labute approximate surface area is 190 Å². The van der Waals surface area contributed by atoms with Crippen LogP contribution in [0.4, 0.5) is 0 Å². The summed E-state index contributed by atoms with van der Waals surface area (Å²) in [5, 5.41) is 0.740. The van der Waals surface area contributed by atoms with E-state index in [2.05, 4.69) is 4.90 Å². The maximum atomic E-state index is 13.7. The highest BCUT2D eigenvalue weighted by atomic mass is 32.1. The molecule has 8 heteroatoms. The Balaban J connectivity index is 1.67. The van der Waals surface area contributed by atoms with Gasteiger partial charge in [0.1, 0.15) is 10.6 Å².